The highest BCUT2D eigenvalue weighted by Gasteiger charge is 2.11. The summed E-state index contributed by atoms with van der Waals surface area (Å²) in [5, 5.41) is 0.884. The van der Waals surface area contributed by atoms with Crippen LogP contribution in [-0.4, -0.2) is 12.6 Å². The van der Waals surface area contributed by atoms with Gasteiger partial charge in [-0.05, 0) is 43.3 Å². The molecule has 0 bridgehead atoms. The highest BCUT2D eigenvalue weighted by molar-refractivity contribution is 6.34. The van der Waals surface area contributed by atoms with Gasteiger partial charge in [0.25, 0.3) is 0 Å². The minimum Gasteiger partial charge on any atom is -0.462 e. The number of carbonyl (C=O) groups is 1. The molecule has 2 N–H and O–H groups in total. The minimum atomic E-state index is -0.438. The molecule has 0 fully saturated rings. The molecule has 2 aromatic carbocycles. The number of carbonyl (C=O) groups excluding carboxylic acids is 1. The first kappa shape index (κ1) is 15.5. The van der Waals surface area contributed by atoms with Crippen LogP contribution in [0.5, 0.6) is 11.5 Å². The Morgan fingerprint density at radius 2 is 1.81 bits per heavy atom. The van der Waals surface area contributed by atoms with Gasteiger partial charge in [0.15, 0.2) is 5.75 Å². The van der Waals surface area contributed by atoms with E-state index in [1.807, 2.05) is 0 Å². The maximum Gasteiger partial charge on any atom is 0.338 e. The van der Waals surface area contributed by atoms with Crippen molar-refractivity contribution in [2.45, 2.75) is 6.92 Å². The van der Waals surface area contributed by atoms with Gasteiger partial charge in [-0.3, -0.25) is 0 Å². The quantitative estimate of drug-likeness (QED) is 0.662. The molecule has 0 aromatic heterocycles. The van der Waals surface area contributed by atoms with E-state index in [0.29, 0.717) is 39.4 Å². The summed E-state index contributed by atoms with van der Waals surface area (Å²) in [5.74, 6) is 0.325. The van der Waals surface area contributed by atoms with Crippen molar-refractivity contribution in [3.8, 4) is 11.5 Å². The number of ether oxygens (including phenoxy) is 2. The van der Waals surface area contributed by atoms with Crippen LogP contribution in [0.25, 0.3) is 0 Å². The Labute approximate surface area is 132 Å². The number of rotatable bonds is 4. The van der Waals surface area contributed by atoms with Gasteiger partial charge in [0.1, 0.15) is 5.75 Å². The number of benzene rings is 2. The van der Waals surface area contributed by atoms with Gasteiger partial charge in [-0.25, -0.2) is 4.79 Å². The Bertz CT molecular complexity index is 654. The first-order valence-corrected chi connectivity index (χ1v) is 6.95. The first-order chi connectivity index (χ1) is 9.99. The highest BCUT2D eigenvalue weighted by Crippen LogP contribution is 2.32. The second-order valence-electron chi connectivity index (χ2n) is 4.18. The van der Waals surface area contributed by atoms with E-state index in [4.69, 9.17) is 38.4 Å². The molecule has 0 atom stereocenters. The van der Waals surface area contributed by atoms with Gasteiger partial charge in [0.2, 0.25) is 0 Å². The van der Waals surface area contributed by atoms with E-state index in [-0.39, 0.29) is 0 Å². The SMILES string of the molecule is CCOC(=O)c1ccc(N)c(Oc2cc(Cl)cc(Cl)c2)c1. The maximum absolute atomic E-state index is 11.7. The van der Waals surface area contributed by atoms with Crippen LogP contribution in [-0.2, 0) is 4.74 Å². The van der Waals surface area contributed by atoms with Crippen LogP contribution >= 0.6 is 23.2 Å². The number of hydrogen-bond donors (Lipinski definition) is 1. The third-order valence-electron chi connectivity index (χ3n) is 2.59. The van der Waals surface area contributed by atoms with Crippen molar-refractivity contribution in [1.29, 1.82) is 0 Å². The Hall–Kier alpha value is -1.91. The maximum atomic E-state index is 11.7. The van der Waals surface area contributed by atoms with E-state index in [1.54, 1.807) is 37.3 Å². The molecule has 0 aliphatic rings. The van der Waals surface area contributed by atoms with Gasteiger partial charge in [-0.1, -0.05) is 23.2 Å². The zero-order valence-corrected chi connectivity index (χ0v) is 12.7. The number of hydrogen-bond acceptors (Lipinski definition) is 4. The van der Waals surface area contributed by atoms with Crippen molar-refractivity contribution in [3.63, 3.8) is 0 Å². The molecule has 110 valence electrons. The van der Waals surface area contributed by atoms with Crippen molar-refractivity contribution in [3.05, 3.63) is 52.0 Å². The summed E-state index contributed by atoms with van der Waals surface area (Å²) in [6, 6.07) is 9.46. The summed E-state index contributed by atoms with van der Waals surface area (Å²) in [5.41, 5.74) is 6.59. The summed E-state index contributed by atoms with van der Waals surface area (Å²) in [6.07, 6.45) is 0. The monoisotopic (exact) mass is 325 g/mol. The van der Waals surface area contributed by atoms with Crippen LogP contribution in [0.3, 0.4) is 0 Å². The summed E-state index contributed by atoms with van der Waals surface area (Å²) < 4.78 is 10.6. The van der Waals surface area contributed by atoms with Crippen molar-refractivity contribution in [1.82, 2.24) is 0 Å². The largest absolute Gasteiger partial charge is 0.462 e. The third-order valence-corrected chi connectivity index (χ3v) is 3.03. The molecule has 0 heterocycles. The molecule has 0 radical (unpaired) electrons. The Balaban J connectivity index is 2.30. The molecular weight excluding hydrogens is 313 g/mol. The van der Waals surface area contributed by atoms with E-state index < -0.39 is 5.97 Å². The van der Waals surface area contributed by atoms with Gasteiger partial charge in [-0.2, -0.15) is 0 Å². The van der Waals surface area contributed by atoms with Crippen LogP contribution < -0.4 is 10.5 Å². The zero-order valence-electron chi connectivity index (χ0n) is 11.2. The molecular formula is C15H13Cl2NO3. The molecule has 0 unspecified atom stereocenters. The lowest BCUT2D eigenvalue weighted by Crippen LogP contribution is -2.05. The number of halogens is 2. The summed E-state index contributed by atoms with van der Waals surface area (Å²) in [4.78, 5) is 11.7. The normalized spacial score (nSPS) is 10.2. The van der Waals surface area contributed by atoms with Gasteiger partial charge in [0.05, 0.1) is 17.9 Å². The Kier molecular flexibility index (Phi) is 4.94. The molecule has 0 aliphatic heterocycles. The smallest absolute Gasteiger partial charge is 0.338 e. The molecule has 2 aromatic rings. The van der Waals surface area contributed by atoms with Crippen LogP contribution in [0.4, 0.5) is 5.69 Å². The average Bonchev–Trinajstić information content (AvgIpc) is 2.40. The van der Waals surface area contributed by atoms with Crippen molar-refractivity contribution < 1.29 is 14.3 Å². The number of esters is 1. The summed E-state index contributed by atoms with van der Waals surface area (Å²) in [6.45, 7) is 2.03. The zero-order chi connectivity index (χ0) is 15.4. The van der Waals surface area contributed by atoms with Crippen molar-refractivity contribution in [2.24, 2.45) is 0 Å². The molecule has 0 saturated heterocycles. The van der Waals surface area contributed by atoms with Crippen LogP contribution in [0, 0.1) is 0 Å². The van der Waals surface area contributed by atoms with Crippen molar-refractivity contribution >= 4 is 34.9 Å². The molecule has 0 spiro atoms. The topological polar surface area (TPSA) is 61.5 Å². The fraction of sp³-hybridized carbons (Fsp3) is 0.133. The highest BCUT2D eigenvalue weighted by atomic mass is 35.5. The van der Waals surface area contributed by atoms with Gasteiger partial charge >= 0.3 is 5.97 Å². The number of anilines is 1. The third kappa shape index (κ3) is 4.03. The van der Waals surface area contributed by atoms with Crippen LogP contribution in [0.2, 0.25) is 10.0 Å². The van der Waals surface area contributed by atoms with E-state index in [2.05, 4.69) is 0 Å². The first-order valence-electron chi connectivity index (χ1n) is 6.20. The van der Waals surface area contributed by atoms with Gasteiger partial charge in [0, 0.05) is 10.0 Å². The van der Waals surface area contributed by atoms with Crippen LogP contribution in [0.1, 0.15) is 17.3 Å². The Morgan fingerprint density at radius 1 is 1.14 bits per heavy atom. The Morgan fingerprint density at radius 3 is 2.43 bits per heavy atom. The fourth-order valence-electron chi connectivity index (χ4n) is 1.68. The van der Waals surface area contributed by atoms with E-state index in [0.717, 1.165) is 0 Å². The summed E-state index contributed by atoms with van der Waals surface area (Å²) in [7, 11) is 0. The van der Waals surface area contributed by atoms with Gasteiger partial charge in [-0.15, -0.1) is 0 Å². The second-order valence-corrected chi connectivity index (χ2v) is 5.05. The van der Waals surface area contributed by atoms with Crippen LogP contribution in [0.15, 0.2) is 36.4 Å². The summed E-state index contributed by atoms with van der Waals surface area (Å²) >= 11 is 11.8. The lowest BCUT2D eigenvalue weighted by Gasteiger charge is -2.11. The minimum absolute atomic E-state index is 0.295. The average molecular weight is 326 g/mol. The standard InChI is InChI=1S/C15H13Cl2NO3/c1-2-20-15(19)9-3-4-13(18)14(5-9)21-12-7-10(16)6-11(17)8-12/h3-8H,2,18H2,1H3. The number of nitrogens with two attached hydrogens (primary N) is 1. The lowest BCUT2D eigenvalue weighted by molar-refractivity contribution is 0.0526. The van der Waals surface area contributed by atoms with E-state index in [1.165, 1.54) is 6.07 Å². The second kappa shape index (κ2) is 6.70. The molecule has 6 heteroatoms. The molecule has 0 saturated carbocycles. The molecule has 0 aliphatic carbocycles. The lowest BCUT2D eigenvalue weighted by atomic mass is 10.2. The van der Waals surface area contributed by atoms with Gasteiger partial charge < -0.3 is 15.2 Å². The predicted molar refractivity (Wildman–Crippen MR) is 83.3 cm³/mol. The molecule has 2 rings (SSSR count). The van der Waals surface area contributed by atoms with Crippen molar-refractivity contribution in [2.75, 3.05) is 12.3 Å². The predicted octanol–water partition coefficient (Wildman–Crippen LogP) is 4.54. The number of nitrogen functional groups attached to an aromatic ring is 1. The molecule has 4 nitrogen and oxygen atoms in total. The molecule has 21 heavy (non-hydrogen) atoms. The molecule has 0 amide bonds. The van der Waals surface area contributed by atoms with E-state index in [9.17, 15) is 4.79 Å². The fourth-order valence-corrected chi connectivity index (χ4v) is 2.18. The van der Waals surface area contributed by atoms with E-state index >= 15 is 0 Å².